The Bertz CT molecular complexity index is 370. The van der Waals surface area contributed by atoms with E-state index in [1.165, 1.54) is 0 Å². The van der Waals surface area contributed by atoms with Crippen LogP contribution in [0.4, 0.5) is 4.79 Å². The summed E-state index contributed by atoms with van der Waals surface area (Å²) in [6, 6.07) is 0.00294. The molecule has 20 heavy (non-hydrogen) atoms. The molecular formula is C14H26N2O4. The Hall–Kier alpha value is -1.30. The van der Waals surface area contributed by atoms with E-state index in [0.717, 1.165) is 12.8 Å². The average Bonchev–Trinajstić information content (AvgIpc) is 2.29. The summed E-state index contributed by atoms with van der Waals surface area (Å²) < 4.78 is 0. The summed E-state index contributed by atoms with van der Waals surface area (Å²) >= 11 is 0. The summed E-state index contributed by atoms with van der Waals surface area (Å²) in [5, 5.41) is 23.7. The molecule has 6 heteroatoms. The predicted molar refractivity (Wildman–Crippen MR) is 75.4 cm³/mol. The monoisotopic (exact) mass is 286 g/mol. The Kier molecular flexibility index (Phi) is 5.02. The number of carbonyl (C=O) groups is 2. The van der Waals surface area contributed by atoms with E-state index in [1.54, 1.807) is 6.92 Å². The zero-order valence-electron chi connectivity index (χ0n) is 12.7. The zero-order chi connectivity index (χ0) is 15.6. The Morgan fingerprint density at radius 1 is 1.05 bits per heavy atom. The maximum absolute atomic E-state index is 12.5. The van der Waals surface area contributed by atoms with Crippen LogP contribution >= 0.6 is 0 Å². The minimum Gasteiger partial charge on any atom is -0.465 e. The van der Waals surface area contributed by atoms with Crippen molar-refractivity contribution in [3.05, 3.63) is 0 Å². The standard InChI is InChI=1S/C14H26N2O4/c1-13(2,3)14(4,16-12(19)20)11(18)15-9-5-7-10(17)8-6-9/h9-10,16-17H,5-8H2,1-4H3,(H,15,18)(H,19,20)/t9-,10-,14-/m0/s1. The van der Waals surface area contributed by atoms with Gasteiger partial charge < -0.3 is 20.8 Å². The maximum atomic E-state index is 12.5. The lowest BCUT2D eigenvalue weighted by Gasteiger charge is -2.41. The molecule has 116 valence electrons. The lowest BCUT2D eigenvalue weighted by Crippen LogP contribution is -2.64. The van der Waals surface area contributed by atoms with Gasteiger partial charge in [0.1, 0.15) is 5.54 Å². The minimum atomic E-state index is -1.21. The highest BCUT2D eigenvalue weighted by molar-refractivity contribution is 5.90. The molecule has 1 saturated carbocycles. The summed E-state index contributed by atoms with van der Waals surface area (Å²) in [4.78, 5) is 23.5. The number of carboxylic acid groups (broad SMARTS) is 1. The summed E-state index contributed by atoms with van der Waals surface area (Å²) in [5.41, 5.74) is -1.75. The molecule has 1 aliphatic carbocycles. The molecule has 1 atom stereocenters. The second-order valence-electron chi connectivity index (χ2n) is 6.78. The SMILES string of the molecule is CC(C)(C)[C@@](C)(NC(=O)O)C(=O)N[C@H]1CC[C@H](O)CC1. The maximum Gasteiger partial charge on any atom is 0.405 e. The molecule has 0 unspecified atom stereocenters. The van der Waals surface area contributed by atoms with Crippen LogP contribution < -0.4 is 10.6 Å². The third-order valence-corrected chi connectivity index (χ3v) is 4.34. The van der Waals surface area contributed by atoms with Crippen molar-refractivity contribution in [2.24, 2.45) is 5.41 Å². The van der Waals surface area contributed by atoms with Crippen molar-refractivity contribution in [3.8, 4) is 0 Å². The van der Waals surface area contributed by atoms with E-state index < -0.39 is 17.0 Å². The van der Waals surface area contributed by atoms with Gasteiger partial charge in [0.2, 0.25) is 5.91 Å². The van der Waals surface area contributed by atoms with E-state index in [4.69, 9.17) is 5.11 Å². The molecule has 0 spiro atoms. The molecule has 6 nitrogen and oxygen atoms in total. The molecule has 0 aromatic carbocycles. The van der Waals surface area contributed by atoms with Crippen LogP contribution in [0.25, 0.3) is 0 Å². The first-order valence-corrected chi connectivity index (χ1v) is 7.06. The predicted octanol–water partition coefficient (Wildman–Crippen LogP) is 1.48. The normalized spacial score (nSPS) is 26.4. The van der Waals surface area contributed by atoms with Crippen molar-refractivity contribution in [2.75, 3.05) is 0 Å². The van der Waals surface area contributed by atoms with E-state index >= 15 is 0 Å². The lowest BCUT2D eigenvalue weighted by molar-refractivity contribution is -0.132. The molecular weight excluding hydrogens is 260 g/mol. The smallest absolute Gasteiger partial charge is 0.405 e. The number of hydrogen-bond donors (Lipinski definition) is 4. The highest BCUT2D eigenvalue weighted by Gasteiger charge is 2.46. The first kappa shape index (κ1) is 16.8. The molecule has 2 amide bonds. The van der Waals surface area contributed by atoms with Crippen molar-refractivity contribution < 1.29 is 19.8 Å². The Morgan fingerprint density at radius 3 is 1.95 bits per heavy atom. The van der Waals surface area contributed by atoms with Gasteiger partial charge in [0.15, 0.2) is 0 Å². The van der Waals surface area contributed by atoms with E-state index in [0.29, 0.717) is 12.8 Å². The number of amides is 2. The number of carbonyl (C=O) groups excluding carboxylic acids is 1. The Labute approximate surface area is 119 Å². The first-order valence-electron chi connectivity index (χ1n) is 7.06. The molecule has 0 aliphatic heterocycles. The zero-order valence-corrected chi connectivity index (χ0v) is 12.7. The summed E-state index contributed by atoms with van der Waals surface area (Å²) in [6.45, 7) is 7.08. The van der Waals surface area contributed by atoms with Gasteiger partial charge in [0.05, 0.1) is 6.10 Å². The van der Waals surface area contributed by atoms with Gasteiger partial charge in [0.25, 0.3) is 0 Å². The molecule has 0 radical (unpaired) electrons. The lowest BCUT2D eigenvalue weighted by atomic mass is 9.74. The largest absolute Gasteiger partial charge is 0.465 e. The number of rotatable bonds is 3. The van der Waals surface area contributed by atoms with Gasteiger partial charge in [-0.05, 0) is 38.0 Å². The molecule has 4 N–H and O–H groups in total. The fraction of sp³-hybridized carbons (Fsp3) is 0.857. The van der Waals surface area contributed by atoms with Gasteiger partial charge in [-0.25, -0.2) is 4.79 Å². The fourth-order valence-electron chi connectivity index (χ4n) is 2.35. The molecule has 0 bridgehead atoms. The molecule has 1 fully saturated rings. The molecule has 1 rings (SSSR count). The second-order valence-corrected chi connectivity index (χ2v) is 6.78. The van der Waals surface area contributed by atoms with Crippen molar-refractivity contribution in [1.29, 1.82) is 0 Å². The molecule has 0 aromatic heterocycles. The molecule has 0 saturated heterocycles. The van der Waals surface area contributed by atoms with Gasteiger partial charge >= 0.3 is 6.09 Å². The fourth-order valence-corrected chi connectivity index (χ4v) is 2.35. The van der Waals surface area contributed by atoms with Gasteiger partial charge in [0, 0.05) is 6.04 Å². The third-order valence-electron chi connectivity index (χ3n) is 4.34. The number of nitrogens with one attached hydrogen (secondary N) is 2. The minimum absolute atomic E-state index is 0.00294. The van der Waals surface area contributed by atoms with Crippen molar-refractivity contribution in [3.63, 3.8) is 0 Å². The van der Waals surface area contributed by atoms with Crippen LogP contribution in [0, 0.1) is 5.41 Å². The summed E-state index contributed by atoms with van der Waals surface area (Å²) in [5.74, 6) is -0.311. The van der Waals surface area contributed by atoms with Gasteiger partial charge in [-0.1, -0.05) is 20.8 Å². The summed E-state index contributed by atoms with van der Waals surface area (Å²) in [6.07, 6.45) is 1.29. The van der Waals surface area contributed by atoms with Crippen LogP contribution in [-0.2, 0) is 4.79 Å². The summed E-state index contributed by atoms with van der Waals surface area (Å²) in [7, 11) is 0. The topological polar surface area (TPSA) is 98.7 Å². The van der Waals surface area contributed by atoms with E-state index in [1.807, 2.05) is 20.8 Å². The van der Waals surface area contributed by atoms with Crippen molar-refractivity contribution >= 4 is 12.0 Å². The van der Waals surface area contributed by atoms with Crippen LogP contribution in [0.3, 0.4) is 0 Å². The van der Waals surface area contributed by atoms with Crippen molar-refractivity contribution in [2.45, 2.75) is 71.1 Å². The quantitative estimate of drug-likeness (QED) is 0.631. The van der Waals surface area contributed by atoms with Crippen LogP contribution in [0.1, 0.15) is 53.4 Å². The Morgan fingerprint density at radius 2 is 1.55 bits per heavy atom. The number of hydrogen-bond acceptors (Lipinski definition) is 3. The average molecular weight is 286 g/mol. The number of aliphatic hydroxyl groups excluding tert-OH is 1. The van der Waals surface area contributed by atoms with Crippen LogP contribution in [0.5, 0.6) is 0 Å². The number of aliphatic hydroxyl groups is 1. The van der Waals surface area contributed by atoms with Gasteiger partial charge in [-0.3, -0.25) is 4.79 Å². The van der Waals surface area contributed by atoms with Crippen LogP contribution in [0.15, 0.2) is 0 Å². The van der Waals surface area contributed by atoms with Gasteiger partial charge in [-0.2, -0.15) is 0 Å². The molecule has 0 heterocycles. The molecule has 1 aliphatic rings. The highest BCUT2D eigenvalue weighted by atomic mass is 16.4. The van der Waals surface area contributed by atoms with Crippen molar-refractivity contribution in [1.82, 2.24) is 10.6 Å². The highest BCUT2D eigenvalue weighted by Crippen LogP contribution is 2.31. The molecule has 0 aromatic rings. The van der Waals surface area contributed by atoms with Crippen LogP contribution in [-0.4, -0.2) is 39.9 Å². The second kappa shape index (κ2) is 5.99. The Balaban J connectivity index is 2.76. The van der Waals surface area contributed by atoms with E-state index in [-0.39, 0.29) is 18.1 Å². The van der Waals surface area contributed by atoms with Gasteiger partial charge in [-0.15, -0.1) is 0 Å². The van der Waals surface area contributed by atoms with Crippen LogP contribution in [0.2, 0.25) is 0 Å². The van der Waals surface area contributed by atoms with E-state index in [9.17, 15) is 14.7 Å². The third kappa shape index (κ3) is 3.85. The van der Waals surface area contributed by atoms with E-state index in [2.05, 4.69) is 10.6 Å². The first-order chi connectivity index (χ1) is 9.06.